The number of para-hydroxylation sites is 2. The molecule has 0 unspecified atom stereocenters. The average molecular weight is 412 g/mol. The first-order valence-corrected chi connectivity index (χ1v) is 10.3. The van der Waals surface area contributed by atoms with Crippen molar-refractivity contribution in [1.29, 1.82) is 0 Å². The number of carbonyl (C=O) groups is 2. The normalized spacial score (nSPS) is 14.7. The highest BCUT2D eigenvalue weighted by Gasteiger charge is 2.23. The molecule has 7 heteroatoms. The topological polar surface area (TPSA) is 79.9 Å². The third-order valence-electron chi connectivity index (χ3n) is 4.83. The molecule has 1 saturated heterocycles. The maximum absolute atomic E-state index is 12.4. The van der Waals surface area contributed by atoms with Crippen LogP contribution in [0.4, 0.5) is 11.4 Å². The Morgan fingerprint density at radius 1 is 0.967 bits per heavy atom. The fourth-order valence-electron chi connectivity index (χ4n) is 3.43. The van der Waals surface area contributed by atoms with E-state index in [1.807, 2.05) is 31.2 Å². The lowest BCUT2D eigenvalue weighted by Gasteiger charge is -2.32. The number of ether oxygens (including phenoxy) is 2. The Hall–Kier alpha value is -3.06. The van der Waals surface area contributed by atoms with Crippen molar-refractivity contribution < 1.29 is 19.1 Å². The molecule has 2 amide bonds. The van der Waals surface area contributed by atoms with Crippen LogP contribution in [-0.2, 0) is 9.59 Å². The average Bonchev–Trinajstić information content (AvgIpc) is 2.72. The van der Waals surface area contributed by atoms with Crippen molar-refractivity contribution in [3.8, 4) is 11.5 Å². The SMILES string of the molecule is CCOc1ccccc1OC1CCN(CC(=O)Nc2ccc(NC(C)=O)cc2)CC1. The van der Waals surface area contributed by atoms with Crippen LogP contribution in [0.25, 0.3) is 0 Å². The number of hydrogen-bond donors (Lipinski definition) is 2. The van der Waals surface area contributed by atoms with Crippen LogP contribution in [0.5, 0.6) is 11.5 Å². The van der Waals surface area contributed by atoms with Crippen molar-refractivity contribution in [1.82, 2.24) is 4.90 Å². The molecule has 7 nitrogen and oxygen atoms in total. The van der Waals surface area contributed by atoms with Crippen LogP contribution in [-0.4, -0.2) is 49.1 Å². The monoisotopic (exact) mass is 411 g/mol. The van der Waals surface area contributed by atoms with E-state index < -0.39 is 0 Å². The molecule has 2 aromatic carbocycles. The molecule has 1 aliphatic rings. The minimum atomic E-state index is -0.124. The molecule has 0 atom stereocenters. The van der Waals surface area contributed by atoms with Crippen LogP contribution in [0.1, 0.15) is 26.7 Å². The zero-order valence-electron chi connectivity index (χ0n) is 17.5. The van der Waals surface area contributed by atoms with E-state index >= 15 is 0 Å². The molecule has 3 rings (SSSR count). The summed E-state index contributed by atoms with van der Waals surface area (Å²) in [6, 6.07) is 14.8. The van der Waals surface area contributed by atoms with Gasteiger partial charge in [0.2, 0.25) is 11.8 Å². The summed E-state index contributed by atoms with van der Waals surface area (Å²) in [5, 5.41) is 5.60. The van der Waals surface area contributed by atoms with Crippen molar-refractivity contribution in [3.63, 3.8) is 0 Å². The van der Waals surface area contributed by atoms with Gasteiger partial charge in [0.1, 0.15) is 6.10 Å². The highest BCUT2D eigenvalue weighted by Crippen LogP contribution is 2.29. The predicted octanol–water partition coefficient (Wildman–Crippen LogP) is 3.53. The lowest BCUT2D eigenvalue weighted by atomic mass is 10.1. The molecule has 0 spiro atoms. The minimum Gasteiger partial charge on any atom is -0.490 e. The maximum Gasteiger partial charge on any atom is 0.238 e. The Bertz CT molecular complexity index is 846. The van der Waals surface area contributed by atoms with E-state index in [4.69, 9.17) is 9.47 Å². The first-order chi connectivity index (χ1) is 14.5. The molecule has 1 fully saturated rings. The number of nitrogens with zero attached hydrogens (tertiary/aromatic N) is 1. The Morgan fingerprint density at radius 3 is 2.17 bits per heavy atom. The van der Waals surface area contributed by atoms with Gasteiger partial charge in [-0.3, -0.25) is 14.5 Å². The van der Waals surface area contributed by atoms with E-state index in [0.29, 0.717) is 24.5 Å². The summed E-state index contributed by atoms with van der Waals surface area (Å²) in [5.74, 6) is 1.37. The zero-order valence-corrected chi connectivity index (χ0v) is 17.5. The van der Waals surface area contributed by atoms with Gasteiger partial charge in [0.05, 0.1) is 13.2 Å². The molecule has 0 saturated carbocycles. The predicted molar refractivity (Wildman–Crippen MR) is 117 cm³/mol. The van der Waals surface area contributed by atoms with Gasteiger partial charge in [-0.15, -0.1) is 0 Å². The Morgan fingerprint density at radius 2 is 1.57 bits per heavy atom. The van der Waals surface area contributed by atoms with E-state index in [9.17, 15) is 9.59 Å². The number of nitrogens with one attached hydrogen (secondary N) is 2. The number of rotatable bonds is 8. The highest BCUT2D eigenvalue weighted by atomic mass is 16.5. The molecule has 160 valence electrons. The number of likely N-dealkylation sites (tertiary alicyclic amines) is 1. The van der Waals surface area contributed by atoms with Crippen LogP contribution in [0.2, 0.25) is 0 Å². The van der Waals surface area contributed by atoms with Crippen molar-refractivity contribution in [2.24, 2.45) is 0 Å². The fraction of sp³-hybridized carbons (Fsp3) is 0.391. The minimum absolute atomic E-state index is 0.0525. The van der Waals surface area contributed by atoms with Crippen LogP contribution >= 0.6 is 0 Å². The first kappa shape index (κ1) is 21.6. The molecule has 0 aromatic heterocycles. The van der Waals surface area contributed by atoms with Crippen LogP contribution in [0.3, 0.4) is 0 Å². The standard InChI is InChI=1S/C23H29N3O4/c1-3-29-21-6-4-5-7-22(21)30-20-12-14-26(15-13-20)16-23(28)25-19-10-8-18(9-11-19)24-17(2)27/h4-11,20H,3,12-16H2,1-2H3,(H,24,27)(H,25,28). The van der Waals surface area contributed by atoms with Gasteiger partial charge in [-0.25, -0.2) is 0 Å². The van der Waals surface area contributed by atoms with Gasteiger partial charge in [0.15, 0.2) is 11.5 Å². The Kier molecular flexibility index (Phi) is 7.68. The molecular weight excluding hydrogens is 382 g/mol. The van der Waals surface area contributed by atoms with Gasteiger partial charge >= 0.3 is 0 Å². The maximum atomic E-state index is 12.4. The number of amides is 2. The molecule has 2 aromatic rings. The van der Waals surface area contributed by atoms with Gasteiger partial charge in [-0.1, -0.05) is 12.1 Å². The van der Waals surface area contributed by atoms with Gasteiger partial charge < -0.3 is 20.1 Å². The van der Waals surface area contributed by atoms with Crippen molar-refractivity contribution in [2.75, 3.05) is 36.9 Å². The van der Waals surface area contributed by atoms with Crippen LogP contribution in [0.15, 0.2) is 48.5 Å². The first-order valence-electron chi connectivity index (χ1n) is 10.3. The van der Waals surface area contributed by atoms with Gasteiger partial charge in [-0.2, -0.15) is 0 Å². The number of benzene rings is 2. The molecule has 1 aliphatic heterocycles. The Balaban J connectivity index is 1.43. The van der Waals surface area contributed by atoms with E-state index in [2.05, 4.69) is 15.5 Å². The molecule has 0 radical (unpaired) electrons. The van der Waals surface area contributed by atoms with E-state index in [1.54, 1.807) is 24.3 Å². The highest BCUT2D eigenvalue weighted by molar-refractivity contribution is 5.93. The zero-order chi connectivity index (χ0) is 21.3. The summed E-state index contributed by atoms with van der Waals surface area (Å²) in [5.41, 5.74) is 1.41. The summed E-state index contributed by atoms with van der Waals surface area (Å²) in [4.78, 5) is 25.6. The summed E-state index contributed by atoms with van der Waals surface area (Å²) in [6.07, 6.45) is 1.84. The molecular formula is C23H29N3O4. The largest absolute Gasteiger partial charge is 0.490 e. The van der Waals surface area contributed by atoms with Gasteiger partial charge in [0.25, 0.3) is 0 Å². The lowest BCUT2D eigenvalue weighted by molar-refractivity contribution is -0.118. The van der Waals surface area contributed by atoms with E-state index in [0.717, 1.165) is 37.4 Å². The molecule has 0 aliphatic carbocycles. The van der Waals surface area contributed by atoms with Crippen molar-refractivity contribution >= 4 is 23.2 Å². The number of carbonyl (C=O) groups excluding carboxylic acids is 2. The third-order valence-corrected chi connectivity index (χ3v) is 4.83. The van der Waals surface area contributed by atoms with E-state index in [1.165, 1.54) is 6.92 Å². The second kappa shape index (κ2) is 10.6. The number of piperidine rings is 1. The van der Waals surface area contributed by atoms with Crippen molar-refractivity contribution in [3.05, 3.63) is 48.5 Å². The van der Waals surface area contributed by atoms with Crippen molar-refractivity contribution in [2.45, 2.75) is 32.8 Å². The van der Waals surface area contributed by atoms with Gasteiger partial charge in [0, 0.05) is 31.4 Å². The second-order valence-electron chi connectivity index (χ2n) is 7.28. The lowest BCUT2D eigenvalue weighted by Crippen LogP contribution is -2.42. The Labute approximate surface area is 177 Å². The number of hydrogen-bond acceptors (Lipinski definition) is 5. The molecule has 1 heterocycles. The van der Waals surface area contributed by atoms with E-state index in [-0.39, 0.29) is 17.9 Å². The summed E-state index contributed by atoms with van der Waals surface area (Å²) in [7, 11) is 0. The quantitative estimate of drug-likeness (QED) is 0.695. The third kappa shape index (κ3) is 6.49. The van der Waals surface area contributed by atoms with Gasteiger partial charge in [-0.05, 0) is 56.2 Å². The summed E-state index contributed by atoms with van der Waals surface area (Å²) < 4.78 is 11.8. The smallest absolute Gasteiger partial charge is 0.238 e. The van der Waals surface area contributed by atoms with Crippen LogP contribution < -0.4 is 20.1 Å². The summed E-state index contributed by atoms with van der Waals surface area (Å²) in [6.45, 7) is 5.96. The molecule has 30 heavy (non-hydrogen) atoms. The second-order valence-corrected chi connectivity index (χ2v) is 7.28. The molecule has 0 bridgehead atoms. The fourth-order valence-corrected chi connectivity index (χ4v) is 3.43. The van der Waals surface area contributed by atoms with Crippen LogP contribution in [0, 0.1) is 0 Å². The number of anilines is 2. The molecule has 2 N–H and O–H groups in total. The summed E-state index contributed by atoms with van der Waals surface area (Å²) >= 11 is 0.